The normalized spacial score (nSPS) is 12.6. The highest BCUT2D eigenvalue weighted by molar-refractivity contribution is 5.44. The average Bonchev–Trinajstić information content (AvgIpc) is 1.83. The molecule has 2 N–H and O–H groups in total. The van der Waals surface area contributed by atoms with Gasteiger partial charge in [0.15, 0.2) is 0 Å². The Morgan fingerprint density at radius 1 is 1.44 bits per heavy atom. The Hall–Kier alpha value is -0.990. The Morgan fingerprint density at radius 2 is 2.00 bits per heavy atom. The molecule has 9 heavy (non-hydrogen) atoms. The van der Waals surface area contributed by atoms with Gasteiger partial charge in [0.1, 0.15) is 6.20 Å². The molecule has 0 aromatic heterocycles. The summed E-state index contributed by atoms with van der Waals surface area (Å²) < 4.78 is 1.78. The van der Waals surface area contributed by atoms with Crippen molar-refractivity contribution in [3.05, 3.63) is 12.4 Å². The van der Waals surface area contributed by atoms with Crippen molar-refractivity contribution in [2.75, 3.05) is 21.1 Å². The highest BCUT2D eigenvalue weighted by atomic mass is 15.1. The van der Waals surface area contributed by atoms with Crippen LogP contribution in [0.5, 0.6) is 0 Å². The van der Waals surface area contributed by atoms with Crippen molar-refractivity contribution >= 4 is 6.34 Å². The third-order valence-electron chi connectivity index (χ3n) is 0.835. The molecular formula is C6H14N3+. The van der Waals surface area contributed by atoms with Gasteiger partial charge < -0.3 is 4.90 Å². The van der Waals surface area contributed by atoms with Gasteiger partial charge in [-0.15, -0.1) is 0 Å². The second-order valence-corrected chi connectivity index (χ2v) is 2.08. The molecule has 0 heterocycles. The van der Waals surface area contributed by atoms with Crippen LogP contribution < -0.4 is 5.73 Å². The Kier molecular flexibility index (Phi) is 3.51. The van der Waals surface area contributed by atoms with Crippen LogP contribution in [0.25, 0.3) is 0 Å². The minimum atomic E-state index is 1.50. The summed E-state index contributed by atoms with van der Waals surface area (Å²) in [5.74, 6) is 0. The van der Waals surface area contributed by atoms with Crippen molar-refractivity contribution in [2.45, 2.75) is 0 Å². The molecule has 0 spiro atoms. The van der Waals surface area contributed by atoms with Crippen LogP contribution in [-0.4, -0.2) is 37.0 Å². The molecule has 0 aromatic carbocycles. The molecule has 52 valence electrons. The minimum absolute atomic E-state index is 1.50. The third kappa shape index (κ3) is 4.87. The van der Waals surface area contributed by atoms with Crippen molar-refractivity contribution in [3.8, 4) is 0 Å². The summed E-state index contributed by atoms with van der Waals surface area (Å²) in [7, 11) is 5.79. The first kappa shape index (κ1) is 8.01. The lowest BCUT2D eigenvalue weighted by molar-refractivity contribution is -0.418. The number of nitrogens with zero attached hydrogens (tertiary/aromatic N) is 2. The Bertz CT molecular complexity index is 124. The Labute approximate surface area is 56.1 Å². The lowest BCUT2D eigenvalue weighted by Crippen LogP contribution is -2.08. The molecule has 0 aliphatic rings. The highest BCUT2D eigenvalue weighted by Crippen LogP contribution is 1.75. The smallest absolute Gasteiger partial charge is 0.234 e. The van der Waals surface area contributed by atoms with Gasteiger partial charge in [-0.2, -0.15) is 0 Å². The molecule has 0 radical (unpaired) electrons. The second kappa shape index (κ2) is 3.95. The van der Waals surface area contributed by atoms with E-state index < -0.39 is 0 Å². The zero-order valence-electron chi connectivity index (χ0n) is 6.20. The van der Waals surface area contributed by atoms with Gasteiger partial charge in [0.05, 0.1) is 7.05 Å². The van der Waals surface area contributed by atoms with Gasteiger partial charge in [-0.3, -0.25) is 5.73 Å². The molecule has 0 rings (SSSR count). The van der Waals surface area contributed by atoms with Crippen LogP contribution in [0.1, 0.15) is 0 Å². The summed E-state index contributed by atoms with van der Waals surface area (Å²) in [6.45, 7) is 0. The van der Waals surface area contributed by atoms with Crippen molar-refractivity contribution in [1.82, 2.24) is 4.90 Å². The van der Waals surface area contributed by atoms with Gasteiger partial charge in [0.2, 0.25) is 6.34 Å². The highest BCUT2D eigenvalue weighted by Gasteiger charge is 1.79. The molecule has 0 saturated carbocycles. The maximum absolute atomic E-state index is 5.19. The summed E-state index contributed by atoms with van der Waals surface area (Å²) >= 11 is 0. The second-order valence-electron chi connectivity index (χ2n) is 2.08. The quantitative estimate of drug-likeness (QED) is 0.313. The number of hydrogen-bond donors (Lipinski definition) is 1. The third-order valence-corrected chi connectivity index (χ3v) is 0.835. The standard InChI is InChI=1S/C6H13N3/c1-8(2)4-5-9(3)6-7/h4-7H,1-3H3/p+1. The molecule has 0 atom stereocenters. The van der Waals surface area contributed by atoms with Gasteiger partial charge in [-0.1, -0.05) is 0 Å². The number of hydrogen-bond acceptors (Lipinski definition) is 1. The largest absolute Gasteiger partial charge is 0.381 e. The number of rotatable bonds is 2. The first-order valence-electron chi connectivity index (χ1n) is 2.78. The first-order valence-corrected chi connectivity index (χ1v) is 2.78. The monoisotopic (exact) mass is 128 g/mol. The van der Waals surface area contributed by atoms with Crippen LogP contribution in [0, 0.1) is 0 Å². The van der Waals surface area contributed by atoms with E-state index in [2.05, 4.69) is 0 Å². The van der Waals surface area contributed by atoms with Crippen molar-refractivity contribution in [3.63, 3.8) is 0 Å². The van der Waals surface area contributed by atoms with E-state index in [0.29, 0.717) is 0 Å². The van der Waals surface area contributed by atoms with E-state index in [4.69, 9.17) is 5.73 Å². The number of nitrogens with two attached hydrogens (primary N) is 1. The van der Waals surface area contributed by atoms with Crippen LogP contribution >= 0.6 is 0 Å². The van der Waals surface area contributed by atoms with Crippen LogP contribution in [0.4, 0.5) is 0 Å². The molecule has 0 aliphatic heterocycles. The maximum atomic E-state index is 5.19. The van der Waals surface area contributed by atoms with Crippen LogP contribution in [0.2, 0.25) is 0 Å². The summed E-state index contributed by atoms with van der Waals surface area (Å²) in [5, 5.41) is 0. The molecule has 0 aromatic rings. The maximum Gasteiger partial charge on any atom is 0.234 e. The van der Waals surface area contributed by atoms with E-state index in [-0.39, 0.29) is 0 Å². The van der Waals surface area contributed by atoms with Gasteiger partial charge in [0.25, 0.3) is 0 Å². The van der Waals surface area contributed by atoms with Crippen molar-refractivity contribution < 1.29 is 4.58 Å². The van der Waals surface area contributed by atoms with E-state index in [1.165, 1.54) is 6.34 Å². The summed E-state index contributed by atoms with van der Waals surface area (Å²) in [6.07, 6.45) is 5.30. The Morgan fingerprint density at radius 3 is 2.33 bits per heavy atom. The zero-order valence-corrected chi connectivity index (χ0v) is 6.20. The van der Waals surface area contributed by atoms with Crippen LogP contribution in [-0.2, 0) is 0 Å². The average molecular weight is 128 g/mol. The van der Waals surface area contributed by atoms with E-state index >= 15 is 0 Å². The van der Waals surface area contributed by atoms with E-state index in [1.807, 2.05) is 38.4 Å². The van der Waals surface area contributed by atoms with Gasteiger partial charge in [0, 0.05) is 20.3 Å². The first-order chi connectivity index (χ1) is 4.16. The topological polar surface area (TPSA) is 32.3 Å². The molecule has 0 amide bonds. The molecular weight excluding hydrogens is 114 g/mol. The summed E-state index contributed by atoms with van der Waals surface area (Å²) in [4.78, 5) is 1.94. The SMILES string of the molecule is CN(C)C=C[N+](C)=CN. The summed E-state index contributed by atoms with van der Waals surface area (Å²) in [5.41, 5.74) is 5.19. The van der Waals surface area contributed by atoms with Gasteiger partial charge >= 0.3 is 0 Å². The van der Waals surface area contributed by atoms with E-state index in [0.717, 1.165) is 0 Å². The molecule has 0 saturated heterocycles. The predicted molar refractivity (Wildman–Crippen MR) is 39.3 cm³/mol. The molecule has 0 aliphatic carbocycles. The molecule has 3 heteroatoms. The van der Waals surface area contributed by atoms with E-state index in [1.54, 1.807) is 4.58 Å². The zero-order chi connectivity index (χ0) is 7.28. The fourth-order valence-corrected chi connectivity index (χ4v) is 0.288. The van der Waals surface area contributed by atoms with Crippen molar-refractivity contribution in [1.29, 1.82) is 0 Å². The lowest BCUT2D eigenvalue weighted by Gasteiger charge is -2.00. The molecule has 0 unspecified atom stereocenters. The molecule has 3 nitrogen and oxygen atoms in total. The van der Waals surface area contributed by atoms with E-state index in [9.17, 15) is 0 Å². The molecule has 0 fully saturated rings. The van der Waals surface area contributed by atoms with Crippen LogP contribution in [0.3, 0.4) is 0 Å². The summed E-state index contributed by atoms with van der Waals surface area (Å²) in [6, 6.07) is 0. The Balaban J connectivity index is 3.71. The minimum Gasteiger partial charge on any atom is -0.381 e. The fraction of sp³-hybridized carbons (Fsp3) is 0.500. The predicted octanol–water partition coefficient (Wildman–Crippen LogP) is -0.351. The lowest BCUT2D eigenvalue weighted by atomic mass is 10.7. The fourth-order valence-electron chi connectivity index (χ4n) is 0.288. The van der Waals surface area contributed by atoms with Crippen LogP contribution in [0.15, 0.2) is 12.4 Å². The van der Waals surface area contributed by atoms with Gasteiger partial charge in [-0.05, 0) is 0 Å². The van der Waals surface area contributed by atoms with Gasteiger partial charge in [-0.25, -0.2) is 4.58 Å². The molecule has 0 bridgehead atoms. The van der Waals surface area contributed by atoms with Crippen molar-refractivity contribution in [2.24, 2.45) is 5.73 Å².